The monoisotopic (exact) mass is 479 g/mol. The molecule has 170 valence electrons. The van der Waals surface area contributed by atoms with E-state index in [-0.39, 0.29) is 27.8 Å². The molecular formula is C25H16F3N3O2S. The van der Waals surface area contributed by atoms with Crippen LogP contribution in [0.15, 0.2) is 88.9 Å². The van der Waals surface area contributed by atoms with E-state index in [2.05, 4.69) is 9.97 Å². The molecule has 0 spiro atoms. The molecule has 3 aromatic carbocycles. The Morgan fingerprint density at radius 3 is 2.50 bits per heavy atom. The molecule has 0 aliphatic carbocycles. The number of fused-ring (bicyclic) bond motifs is 2. The molecule has 0 amide bonds. The molecule has 0 aliphatic rings. The molecule has 0 atom stereocenters. The van der Waals surface area contributed by atoms with Crippen LogP contribution in [0.5, 0.6) is 0 Å². The van der Waals surface area contributed by atoms with Crippen LogP contribution in [0.4, 0.5) is 13.2 Å². The molecule has 5 rings (SSSR count). The standard InChI is InChI=1S/C25H16F3N3O2S/c26-25(27,28)15-6-5-7-16(12-15)31-23(33)18-9-2-4-11-21(18)30-24(31)34-14-22(32)19-13-29-20-10-3-1-8-17(19)20/h1-13,29H,14H2. The first-order chi connectivity index (χ1) is 16.3. The number of thioether (sulfide) groups is 1. The Balaban J connectivity index is 1.58. The summed E-state index contributed by atoms with van der Waals surface area (Å²) in [6.07, 6.45) is -2.94. The van der Waals surface area contributed by atoms with E-state index in [1.165, 1.54) is 12.1 Å². The second kappa shape index (κ2) is 8.49. The van der Waals surface area contributed by atoms with Crippen molar-refractivity contribution in [3.63, 3.8) is 0 Å². The van der Waals surface area contributed by atoms with E-state index < -0.39 is 17.3 Å². The van der Waals surface area contributed by atoms with Gasteiger partial charge in [-0.2, -0.15) is 13.2 Å². The quantitative estimate of drug-likeness (QED) is 0.195. The lowest BCUT2D eigenvalue weighted by molar-refractivity contribution is -0.137. The molecule has 1 N–H and O–H groups in total. The number of nitrogens with zero attached hydrogens (tertiary/aromatic N) is 2. The third-order valence-electron chi connectivity index (χ3n) is 5.40. The molecule has 0 saturated carbocycles. The SMILES string of the molecule is O=C(CSc1nc2ccccc2c(=O)n1-c1cccc(C(F)(F)F)c1)c1c[nH]c2ccccc12. The summed E-state index contributed by atoms with van der Waals surface area (Å²) in [4.78, 5) is 33.8. The first-order valence-electron chi connectivity index (χ1n) is 10.2. The highest BCUT2D eigenvalue weighted by atomic mass is 32.2. The van der Waals surface area contributed by atoms with Crippen molar-refractivity contribution in [3.05, 3.63) is 100 Å². The number of carbonyl (C=O) groups is 1. The number of hydrogen-bond acceptors (Lipinski definition) is 4. The fourth-order valence-corrected chi connectivity index (χ4v) is 4.66. The van der Waals surface area contributed by atoms with E-state index in [4.69, 9.17) is 0 Å². The zero-order valence-electron chi connectivity index (χ0n) is 17.5. The van der Waals surface area contributed by atoms with Crippen LogP contribution in [0.2, 0.25) is 0 Å². The van der Waals surface area contributed by atoms with Crippen LogP contribution in [-0.4, -0.2) is 26.1 Å². The van der Waals surface area contributed by atoms with E-state index in [0.717, 1.165) is 39.4 Å². The molecule has 0 fully saturated rings. The molecule has 5 aromatic rings. The van der Waals surface area contributed by atoms with Crippen LogP contribution in [-0.2, 0) is 6.18 Å². The molecule has 0 unspecified atom stereocenters. The summed E-state index contributed by atoms with van der Waals surface area (Å²) in [5.41, 5.74) is 0.359. The highest BCUT2D eigenvalue weighted by Crippen LogP contribution is 2.31. The molecule has 9 heteroatoms. The lowest BCUT2D eigenvalue weighted by Gasteiger charge is -2.15. The van der Waals surface area contributed by atoms with Crippen molar-refractivity contribution in [1.29, 1.82) is 0 Å². The number of aromatic amines is 1. The Hall–Kier alpha value is -3.85. The second-order valence-corrected chi connectivity index (χ2v) is 8.50. The molecule has 34 heavy (non-hydrogen) atoms. The van der Waals surface area contributed by atoms with Crippen molar-refractivity contribution in [2.75, 3.05) is 5.75 Å². The van der Waals surface area contributed by atoms with Gasteiger partial charge < -0.3 is 4.98 Å². The Bertz CT molecular complexity index is 1600. The van der Waals surface area contributed by atoms with Crippen molar-refractivity contribution in [3.8, 4) is 5.69 Å². The highest BCUT2D eigenvalue weighted by Gasteiger charge is 2.31. The predicted molar refractivity (Wildman–Crippen MR) is 126 cm³/mol. The fourth-order valence-electron chi connectivity index (χ4n) is 3.77. The van der Waals surface area contributed by atoms with Gasteiger partial charge in [0.25, 0.3) is 5.56 Å². The van der Waals surface area contributed by atoms with Gasteiger partial charge in [-0.3, -0.25) is 14.2 Å². The molecule has 2 aromatic heterocycles. The lowest BCUT2D eigenvalue weighted by atomic mass is 10.1. The minimum absolute atomic E-state index is 0.0279. The number of ketones is 1. The van der Waals surface area contributed by atoms with E-state index in [1.807, 2.05) is 24.3 Å². The Morgan fingerprint density at radius 1 is 0.971 bits per heavy atom. The number of aromatic nitrogens is 3. The minimum Gasteiger partial charge on any atom is -0.360 e. The number of rotatable bonds is 5. The smallest absolute Gasteiger partial charge is 0.360 e. The van der Waals surface area contributed by atoms with Gasteiger partial charge in [-0.25, -0.2) is 4.98 Å². The van der Waals surface area contributed by atoms with Gasteiger partial charge in [0.2, 0.25) is 0 Å². The summed E-state index contributed by atoms with van der Waals surface area (Å²) in [6.45, 7) is 0. The van der Waals surface area contributed by atoms with E-state index in [1.54, 1.807) is 30.5 Å². The zero-order chi connectivity index (χ0) is 23.9. The number of para-hydroxylation sites is 2. The van der Waals surface area contributed by atoms with E-state index in [9.17, 15) is 22.8 Å². The maximum absolute atomic E-state index is 13.3. The number of halogens is 3. The Kier molecular flexibility index (Phi) is 5.49. The Morgan fingerprint density at radius 2 is 1.71 bits per heavy atom. The van der Waals surface area contributed by atoms with Crippen LogP contribution < -0.4 is 5.56 Å². The summed E-state index contributed by atoms with van der Waals surface area (Å²) < 4.78 is 41.1. The summed E-state index contributed by atoms with van der Waals surface area (Å²) in [5, 5.41) is 1.18. The summed E-state index contributed by atoms with van der Waals surface area (Å²) in [6, 6.07) is 18.5. The third kappa shape index (κ3) is 3.99. The van der Waals surface area contributed by atoms with E-state index in [0.29, 0.717) is 11.1 Å². The second-order valence-electron chi connectivity index (χ2n) is 7.56. The number of Topliss-reactive ketones (excluding diaryl/α,β-unsaturated/α-hetero) is 1. The van der Waals surface area contributed by atoms with E-state index >= 15 is 0 Å². The zero-order valence-corrected chi connectivity index (χ0v) is 18.3. The van der Waals surface area contributed by atoms with Crippen LogP contribution in [0.1, 0.15) is 15.9 Å². The van der Waals surface area contributed by atoms with Gasteiger partial charge in [-0.05, 0) is 36.4 Å². The topological polar surface area (TPSA) is 67.8 Å². The molecular weight excluding hydrogens is 463 g/mol. The first kappa shape index (κ1) is 22.0. The number of alkyl halides is 3. The maximum atomic E-state index is 13.3. The lowest BCUT2D eigenvalue weighted by Crippen LogP contribution is -2.22. The molecule has 0 aliphatic heterocycles. The first-order valence-corrected chi connectivity index (χ1v) is 11.2. The van der Waals surface area contributed by atoms with Gasteiger partial charge in [0, 0.05) is 22.7 Å². The van der Waals surface area contributed by atoms with Gasteiger partial charge in [0.15, 0.2) is 10.9 Å². The van der Waals surface area contributed by atoms with Gasteiger partial charge in [0.1, 0.15) is 0 Å². The highest BCUT2D eigenvalue weighted by molar-refractivity contribution is 7.99. The third-order valence-corrected chi connectivity index (χ3v) is 6.34. The largest absolute Gasteiger partial charge is 0.416 e. The maximum Gasteiger partial charge on any atom is 0.416 e. The molecule has 5 nitrogen and oxygen atoms in total. The van der Waals surface area contributed by atoms with Crippen LogP contribution in [0.3, 0.4) is 0 Å². The number of H-pyrrole nitrogens is 1. The summed E-state index contributed by atoms with van der Waals surface area (Å²) in [5.74, 6) is -0.244. The van der Waals surface area contributed by atoms with Crippen molar-refractivity contribution < 1.29 is 18.0 Å². The Labute approximate surface area is 195 Å². The average Bonchev–Trinajstić information content (AvgIpc) is 3.26. The van der Waals surface area contributed by atoms with Crippen LogP contribution in [0.25, 0.3) is 27.5 Å². The molecule has 2 heterocycles. The number of benzene rings is 3. The van der Waals surface area contributed by atoms with Crippen molar-refractivity contribution >= 4 is 39.4 Å². The molecule has 0 bridgehead atoms. The number of carbonyl (C=O) groups excluding carboxylic acids is 1. The van der Waals surface area contributed by atoms with Crippen molar-refractivity contribution in [1.82, 2.24) is 14.5 Å². The predicted octanol–water partition coefficient (Wildman–Crippen LogP) is 5.86. The van der Waals surface area contributed by atoms with Crippen molar-refractivity contribution in [2.24, 2.45) is 0 Å². The molecule has 0 radical (unpaired) electrons. The summed E-state index contributed by atoms with van der Waals surface area (Å²) >= 11 is 1.01. The summed E-state index contributed by atoms with van der Waals surface area (Å²) in [7, 11) is 0. The molecule has 0 saturated heterocycles. The normalized spacial score (nSPS) is 11.9. The number of nitrogens with one attached hydrogen (secondary N) is 1. The van der Waals surface area contributed by atoms with Gasteiger partial charge in [-0.15, -0.1) is 0 Å². The van der Waals surface area contributed by atoms with Gasteiger partial charge in [0.05, 0.1) is 27.9 Å². The van der Waals surface area contributed by atoms with Crippen LogP contribution in [0, 0.1) is 0 Å². The van der Waals surface area contributed by atoms with Crippen LogP contribution >= 0.6 is 11.8 Å². The average molecular weight is 479 g/mol. The number of hydrogen-bond donors (Lipinski definition) is 1. The van der Waals surface area contributed by atoms with Gasteiger partial charge in [-0.1, -0.05) is 48.2 Å². The minimum atomic E-state index is -4.57. The van der Waals surface area contributed by atoms with Crippen molar-refractivity contribution in [2.45, 2.75) is 11.3 Å². The fraction of sp³-hybridized carbons (Fsp3) is 0.0800. The van der Waals surface area contributed by atoms with Gasteiger partial charge >= 0.3 is 6.18 Å².